The SMILES string of the molecule is Nc1ncc(C(F)F)c(C(=O)O)c1F. The molecule has 0 fully saturated rings. The maximum atomic E-state index is 13.0. The first-order valence-corrected chi connectivity index (χ1v) is 3.40. The first kappa shape index (κ1) is 10.3. The van der Waals surface area contributed by atoms with Crippen LogP contribution in [0.5, 0.6) is 0 Å². The van der Waals surface area contributed by atoms with Crippen LogP contribution in [0.1, 0.15) is 22.3 Å². The van der Waals surface area contributed by atoms with Crippen molar-refractivity contribution in [3.63, 3.8) is 0 Å². The molecule has 0 spiro atoms. The minimum absolute atomic E-state index is 0.548. The second-order valence-corrected chi connectivity index (χ2v) is 2.39. The van der Waals surface area contributed by atoms with Crippen LogP contribution in [-0.2, 0) is 0 Å². The van der Waals surface area contributed by atoms with E-state index in [2.05, 4.69) is 4.98 Å². The second kappa shape index (κ2) is 3.52. The zero-order valence-electron chi connectivity index (χ0n) is 6.67. The van der Waals surface area contributed by atoms with Crippen LogP contribution < -0.4 is 5.73 Å². The van der Waals surface area contributed by atoms with Crippen molar-refractivity contribution < 1.29 is 23.1 Å². The highest BCUT2D eigenvalue weighted by molar-refractivity contribution is 5.90. The van der Waals surface area contributed by atoms with E-state index in [9.17, 15) is 18.0 Å². The number of pyridine rings is 1. The highest BCUT2D eigenvalue weighted by Gasteiger charge is 2.24. The molecule has 0 aliphatic carbocycles. The van der Waals surface area contributed by atoms with Gasteiger partial charge in [-0.2, -0.15) is 0 Å². The fourth-order valence-electron chi connectivity index (χ4n) is 0.898. The van der Waals surface area contributed by atoms with Crippen molar-refractivity contribution in [2.24, 2.45) is 0 Å². The second-order valence-electron chi connectivity index (χ2n) is 2.39. The van der Waals surface area contributed by atoms with Crippen LogP contribution in [0.25, 0.3) is 0 Å². The standard InChI is InChI=1S/C7H5F3N2O2/c8-4-3(7(13)14)2(5(9)10)1-12-6(4)11/h1,5H,(H2,11,12)(H,13,14). The van der Waals surface area contributed by atoms with E-state index in [0.717, 1.165) is 0 Å². The van der Waals surface area contributed by atoms with Crippen LogP contribution in [0.15, 0.2) is 6.20 Å². The van der Waals surface area contributed by atoms with E-state index in [-0.39, 0.29) is 0 Å². The summed E-state index contributed by atoms with van der Waals surface area (Å²) >= 11 is 0. The molecule has 0 aliphatic heterocycles. The van der Waals surface area contributed by atoms with E-state index >= 15 is 0 Å². The minimum Gasteiger partial charge on any atom is -0.478 e. The number of hydrogen-bond donors (Lipinski definition) is 2. The molecule has 0 radical (unpaired) electrons. The van der Waals surface area contributed by atoms with Gasteiger partial charge in [-0.05, 0) is 0 Å². The summed E-state index contributed by atoms with van der Waals surface area (Å²) in [5.41, 5.74) is 2.82. The van der Waals surface area contributed by atoms with Crippen molar-refractivity contribution in [1.29, 1.82) is 0 Å². The van der Waals surface area contributed by atoms with Crippen LogP contribution in [-0.4, -0.2) is 16.1 Å². The number of carbonyl (C=O) groups is 1. The molecule has 0 atom stereocenters. The van der Waals surface area contributed by atoms with Crippen LogP contribution in [0.3, 0.4) is 0 Å². The number of anilines is 1. The number of alkyl halides is 2. The van der Waals surface area contributed by atoms with Gasteiger partial charge in [0, 0.05) is 6.20 Å². The zero-order chi connectivity index (χ0) is 10.9. The third-order valence-corrected chi connectivity index (χ3v) is 1.52. The Bertz CT molecular complexity index is 381. The van der Waals surface area contributed by atoms with Gasteiger partial charge in [-0.15, -0.1) is 0 Å². The lowest BCUT2D eigenvalue weighted by Crippen LogP contribution is -2.10. The smallest absolute Gasteiger partial charge is 0.339 e. The third kappa shape index (κ3) is 1.61. The Morgan fingerprint density at radius 2 is 2.14 bits per heavy atom. The number of aromatic carboxylic acids is 1. The van der Waals surface area contributed by atoms with Crippen molar-refractivity contribution in [1.82, 2.24) is 4.98 Å². The van der Waals surface area contributed by atoms with Crippen LogP contribution in [0, 0.1) is 5.82 Å². The maximum Gasteiger partial charge on any atom is 0.339 e. The first-order valence-electron chi connectivity index (χ1n) is 3.40. The van der Waals surface area contributed by atoms with E-state index in [1.807, 2.05) is 0 Å². The summed E-state index contributed by atoms with van der Waals surface area (Å²) in [6, 6.07) is 0. The molecule has 1 heterocycles. The van der Waals surface area contributed by atoms with E-state index in [0.29, 0.717) is 6.20 Å². The van der Waals surface area contributed by atoms with Crippen molar-refractivity contribution >= 4 is 11.8 Å². The molecule has 0 aliphatic rings. The molecule has 0 saturated heterocycles. The monoisotopic (exact) mass is 206 g/mol. The Balaban J connectivity index is 3.45. The lowest BCUT2D eigenvalue weighted by atomic mass is 10.1. The summed E-state index contributed by atoms with van der Waals surface area (Å²) in [6.07, 6.45) is -2.56. The average Bonchev–Trinajstić information content (AvgIpc) is 2.08. The molecule has 1 rings (SSSR count). The summed E-state index contributed by atoms with van der Waals surface area (Å²) < 4.78 is 37.3. The molecule has 3 N–H and O–H groups in total. The van der Waals surface area contributed by atoms with E-state index in [1.165, 1.54) is 0 Å². The predicted molar refractivity (Wildman–Crippen MR) is 40.5 cm³/mol. The fraction of sp³-hybridized carbons (Fsp3) is 0.143. The molecular weight excluding hydrogens is 201 g/mol. The molecular formula is C7H5F3N2O2. The third-order valence-electron chi connectivity index (χ3n) is 1.52. The molecule has 4 nitrogen and oxygen atoms in total. The summed E-state index contributed by atoms with van der Waals surface area (Å²) in [5, 5.41) is 8.46. The summed E-state index contributed by atoms with van der Waals surface area (Å²) in [7, 11) is 0. The molecule has 0 bridgehead atoms. The van der Waals surface area contributed by atoms with Gasteiger partial charge in [0.2, 0.25) is 0 Å². The topological polar surface area (TPSA) is 76.2 Å². The first-order chi connectivity index (χ1) is 6.45. The van der Waals surface area contributed by atoms with Gasteiger partial charge in [-0.25, -0.2) is 22.9 Å². The lowest BCUT2D eigenvalue weighted by Gasteiger charge is -2.06. The predicted octanol–water partition coefficient (Wildman–Crippen LogP) is 1.44. The van der Waals surface area contributed by atoms with E-state index in [1.54, 1.807) is 0 Å². The number of carboxylic acids is 1. The van der Waals surface area contributed by atoms with Crippen molar-refractivity contribution in [2.45, 2.75) is 6.43 Å². The van der Waals surface area contributed by atoms with Gasteiger partial charge in [-0.3, -0.25) is 0 Å². The Kier molecular flexibility index (Phi) is 2.59. The Morgan fingerprint density at radius 3 is 2.57 bits per heavy atom. The van der Waals surface area contributed by atoms with Gasteiger partial charge < -0.3 is 10.8 Å². The van der Waals surface area contributed by atoms with Gasteiger partial charge in [0.1, 0.15) is 5.56 Å². The molecule has 0 amide bonds. The van der Waals surface area contributed by atoms with Gasteiger partial charge in [0.15, 0.2) is 11.6 Å². The summed E-state index contributed by atoms with van der Waals surface area (Å²) in [6.45, 7) is 0. The molecule has 0 aromatic carbocycles. The number of aromatic nitrogens is 1. The molecule has 1 aromatic rings. The number of nitrogen functional groups attached to an aromatic ring is 1. The molecule has 0 unspecified atom stereocenters. The number of nitrogens with zero attached hydrogens (tertiary/aromatic N) is 1. The highest BCUT2D eigenvalue weighted by Crippen LogP contribution is 2.26. The van der Waals surface area contributed by atoms with Gasteiger partial charge in [0.25, 0.3) is 6.43 Å². The van der Waals surface area contributed by atoms with Gasteiger partial charge in [0.05, 0.1) is 5.56 Å². The van der Waals surface area contributed by atoms with Crippen LogP contribution in [0.4, 0.5) is 19.0 Å². The molecule has 0 saturated carbocycles. The van der Waals surface area contributed by atoms with Crippen molar-refractivity contribution in [2.75, 3.05) is 5.73 Å². The lowest BCUT2D eigenvalue weighted by molar-refractivity contribution is 0.0678. The Labute approximate surface area is 76.2 Å². The molecule has 76 valence electrons. The van der Waals surface area contributed by atoms with Crippen LogP contribution >= 0.6 is 0 Å². The number of hydrogen-bond acceptors (Lipinski definition) is 3. The number of nitrogens with two attached hydrogens (primary N) is 1. The van der Waals surface area contributed by atoms with E-state index in [4.69, 9.17) is 10.8 Å². The van der Waals surface area contributed by atoms with Crippen molar-refractivity contribution in [3.05, 3.63) is 23.1 Å². The minimum atomic E-state index is -3.11. The molecule has 1 aromatic heterocycles. The summed E-state index contributed by atoms with van der Waals surface area (Å²) in [4.78, 5) is 13.5. The largest absolute Gasteiger partial charge is 0.478 e. The zero-order valence-corrected chi connectivity index (χ0v) is 6.67. The quantitative estimate of drug-likeness (QED) is 0.767. The molecule has 14 heavy (non-hydrogen) atoms. The Hall–Kier alpha value is -1.79. The van der Waals surface area contributed by atoms with Crippen LogP contribution in [0.2, 0.25) is 0 Å². The number of carboxylic acid groups (broad SMARTS) is 1. The Morgan fingerprint density at radius 1 is 1.57 bits per heavy atom. The van der Waals surface area contributed by atoms with Gasteiger partial charge in [-0.1, -0.05) is 0 Å². The number of rotatable bonds is 2. The maximum absolute atomic E-state index is 13.0. The van der Waals surface area contributed by atoms with Gasteiger partial charge >= 0.3 is 5.97 Å². The average molecular weight is 206 g/mol. The molecule has 7 heteroatoms. The van der Waals surface area contributed by atoms with Crippen molar-refractivity contribution in [3.8, 4) is 0 Å². The normalized spacial score (nSPS) is 10.6. The van der Waals surface area contributed by atoms with E-state index < -0.39 is 35.2 Å². The summed E-state index contributed by atoms with van der Waals surface area (Å²) in [5.74, 6) is -3.95. The fourth-order valence-corrected chi connectivity index (χ4v) is 0.898. The highest BCUT2D eigenvalue weighted by atomic mass is 19.3. The number of halogens is 3.